The third-order valence-electron chi connectivity index (χ3n) is 4.58. The maximum Gasteiger partial charge on any atom is 0.309 e. The molecule has 0 bridgehead atoms. The van der Waals surface area contributed by atoms with E-state index in [4.69, 9.17) is 4.74 Å². The predicted octanol–water partition coefficient (Wildman–Crippen LogP) is -0.273. The van der Waals surface area contributed by atoms with E-state index in [1.54, 1.807) is 29.0 Å². The Balaban J connectivity index is 1.75. The van der Waals surface area contributed by atoms with Gasteiger partial charge in [0.05, 0.1) is 31.4 Å². The van der Waals surface area contributed by atoms with Crippen LogP contribution in [0.5, 0.6) is 0 Å². The topological polar surface area (TPSA) is 87.9 Å². The molecular formula is C15H22N4O4. The predicted molar refractivity (Wildman–Crippen MR) is 80.7 cm³/mol. The maximum absolute atomic E-state index is 12.3. The number of carboxylic acids is 1. The summed E-state index contributed by atoms with van der Waals surface area (Å²) in [6.07, 6.45) is 3.50. The summed E-state index contributed by atoms with van der Waals surface area (Å²) in [5, 5.41) is 13.6. The average molecular weight is 322 g/mol. The maximum atomic E-state index is 12.3. The molecule has 0 aliphatic carbocycles. The van der Waals surface area contributed by atoms with Crippen molar-refractivity contribution in [3.63, 3.8) is 0 Å². The van der Waals surface area contributed by atoms with Crippen LogP contribution in [-0.4, -0.2) is 76.0 Å². The van der Waals surface area contributed by atoms with E-state index in [1.165, 1.54) is 0 Å². The molecule has 0 radical (unpaired) electrons. The third-order valence-corrected chi connectivity index (χ3v) is 4.58. The van der Waals surface area contributed by atoms with Gasteiger partial charge >= 0.3 is 5.97 Å². The summed E-state index contributed by atoms with van der Waals surface area (Å²) in [6, 6.07) is -0.435. The van der Waals surface area contributed by atoms with Gasteiger partial charge in [-0.2, -0.15) is 5.10 Å². The second-order valence-electron chi connectivity index (χ2n) is 6.08. The zero-order valence-electron chi connectivity index (χ0n) is 13.2. The third kappa shape index (κ3) is 3.37. The summed E-state index contributed by atoms with van der Waals surface area (Å²) in [4.78, 5) is 27.8. The highest BCUT2D eigenvalue weighted by molar-refractivity contribution is 5.87. The van der Waals surface area contributed by atoms with Crippen molar-refractivity contribution in [2.45, 2.75) is 12.5 Å². The number of carbonyl (C=O) groups is 2. The average Bonchev–Trinajstić information content (AvgIpc) is 3.09. The van der Waals surface area contributed by atoms with Gasteiger partial charge in [-0.05, 0) is 0 Å². The van der Waals surface area contributed by atoms with Crippen LogP contribution in [0, 0.1) is 5.92 Å². The second kappa shape index (κ2) is 6.67. The molecule has 8 heteroatoms. The Morgan fingerprint density at radius 2 is 2.13 bits per heavy atom. The molecule has 2 fully saturated rings. The van der Waals surface area contributed by atoms with Crippen LogP contribution >= 0.6 is 0 Å². The monoisotopic (exact) mass is 322 g/mol. The number of hydrogen-bond donors (Lipinski definition) is 1. The van der Waals surface area contributed by atoms with Crippen molar-refractivity contribution >= 4 is 11.9 Å². The van der Waals surface area contributed by atoms with E-state index in [-0.39, 0.29) is 12.3 Å². The van der Waals surface area contributed by atoms with Crippen molar-refractivity contribution in [1.82, 2.24) is 19.6 Å². The van der Waals surface area contributed by atoms with Crippen molar-refractivity contribution in [1.29, 1.82) is 0 Å². The molecule has 2 saturated heterocycles. The molecule has 1 aromatic rings. The lowest BCUT2D eigenvalue weighted by Gasteiger charge is -2.31. The Bertz CT molecular complexity index is 582. The van der Waals surface area contributed by atoms with E-state index in [2.05, 4.69) is 10.00 Å². The van der Waals surface area contributed by atoms with Crippen molar-refractivity contribution in [3.8, 4) is 0 Å². The highest BCUT2D eigenvalue weighted by atomic mass is 16.5. The molecule has 3 rings (SSSR count). The molecule has 1 aromatic heterocycles. The number of carbonyl (C=O) groups excluding carboxylic acids is 1. The van der Waals surface area contributed by atoms with Crippen molar-refractivity contribution in [3.05, 3.63) is 18.0 Å². The van der Waals surface area contributed by atoms with E-state index in [0.717, 1.165) is 25.2 Å². The highest BCUT2D eigenvalue weighted by Crippen LogP contribution is 2.37. The Labute approximate surface area is 134 Å². The van der Waals surface area contributed by atoms with E-state index in [1.807, 2.05) is 0 Å². The standard InChI is InChI=1S/C15H22N4O4/c1-17-10-11(9-16-17)14-12(15(21)22)8-13(20)19(14)3-2-18-4-6-23-7-5-18/h9-10,12,14H,2-8H2,1H3,(H,21,22)/t12-,14+/m0/s1. The van der Waals surface area contributed by atoms with Gasteiger partial charge in [0.2, 0.25) is 5.91 Å². The molecule has 2 aliphatic rings. The van der Waals surface area contributed by atoms with Crippen LogP contribution in [0.3, 0.4) is 0 Å². The second-order valence-corrected chi connectivity index (χ2v) is 6.08. The fraction of sp³-hybridized carbons (Fsp3) is 0.667. The number of nitrogens with zero attached hydrogens (tertiary/aromatic N) is 4. The van der Waals surface area contributed by atoms with Crippen molar-refractivity contribution in [2.75, 3.05) is 39.4 Å². The van der Waals surface area contributed by atoms with E-state index < -0.39 is 17.9 Å². The van der Waals surface area contributed by atoms with Gasteiger partial charge in [-0.15, -0.1) is 0 Å². The first-order valence-electron chi connectivity index (χ1n) is 7.87. The number of rotatable bonds is 5. The van der Waals surface area contributed by atoms with Crippen LogP contribution < -0.4 is 0 Å². The van der Waals surface area contributed by atoms with Crippen LogP contribution in [0.15, 0.2) is 12.4 Å². The minimum absolute atomic E-state index is 0.0536. The molecule has 3 heterocycles. The highest BCUT2D eigenvalue weighted by Gasteiger charge is 2.45. The quantitative estimate of drug-likeness (QED) is 0.803. The number of hydrogen-bond acceptors (Lipinski definition) is 5. The number of aromatic nitrogens is 2. The van der Waals surface area contributed by atoms with Gasteiger partial charge in [-0.25, -0.2) is 0 Å². The molecule has 2 atom stereocenters. The summed E-state index contributed by atoms with van der Waals surface area (Å²) in [5.74, 6) is -1.74. The van der Waals surface area contributed by atoms with Gasteiger partial charge in [0.25, 0.3) is 0 Å². The minimum atomic E-state index is -0.930. The zero-order valence-corrected chi connectivity index (χ0v) is 13.2. The number of morpholine rings is 1. The van der Waals surface area contributed by atoms with Crippen LogP contribution in [0.4, 0.5) is 0 Å². The van der Waals surface area contributed by atoms with E-state index >= 15 is 0 Å². The lowest BCUT2D eigenvalue weighted by molar-refractivity contribution is -0.142. The summed E-state index contributed by atoms with van der Waals surface area (Å²) < 4.78 is 6.96. The first-order valence-corrected chi connectivity index (χ1v) is 7.87. The molecule has 0 unspecified atom stereocenters. The smallest absolute Gasteiger partial charge is 0.309 e. The Morgan fingerprint density at radius 3 is 2.74 bits per heavy atom. The summed E-state index contributed by atoms with van der Waals surface area (Å²) >= 11 is 0. The molecule has 1 N–H and O–H groups in total. The number of likely N-dealkylation sites (tertiary alicyclic amines) is 1. The van der Waals surface area contributed by atoms with Gasteiger partial charge in [0.1, 0.15) is 0 Å². The van der Waals surface area contributed by atoms with Gasteiger partial charge in [0.15, 0.2) is 0 Å². The zero-order chi connectivity index (χ0) is 16.4. The molecule has 0 saturated carbocycles. The number of aryl methyl sites for hydroxylation is 1. The summed E-state index contributed by atoms with van der Waals surface area (Å²) in [5.41, 5.74) is 0.785. The Kier molecular flexibility index (Phi) is 4.63. The molecule has 0 aromatic carbocycles. The lowest BCUT2D eigenvalue weighted by Crippen LogP contribution is -2.42. The lowest BCUT2D eigenvalue weighted by atomic mass is 9.96. The van der Waals surface area contributed by atoms with Gasteiger partial charge in [-0.3, -0.25) is 19.2 Å². The van der Waals surface area contributed by atoms with Crippen molar-refractivity contribution < 1.29 is 19.4 Å². The van der Waals surface area contributed by atoms with Crippen LogP contribution in [0.2, 0.25) is 0 Å². The Hall–Kier alpha value is -1.93. The normalized spacial score (nSPS) is 26.0. The summed E-state index contributed by atoms with van der Waals surface area (Å²) in [6.45, 7) is 4.37. The fourth-order valence-electron chi connectivity index (χ4n) is 3.35. The fourth-order valence-corrected chi connectivity index (χ4v) is 3.35. The number of ether oxygens (including phenoxy) is 1. The van der Waals surface area contributed by atoms with E-state index in [9.17, 15) is 14.7 Å². The molecule has 1 amide bonds. The minimum Gasteiger partial charge on any atom is -0.481 e. The Morgan fingerprint density at radius 1 is 1.39 bits per heavy atom. The van der Waals surface area contributed by atoms with Gasteiger partial charge in [0, 0.05) is 51.4 Å². The largest absolute Gasteiger partial charge is 0.481 e. The van der Waals surface area contributed by atoms with Crippen molar-refractivity contribution in [2.24, 2.45) is 13.0 Å². The first kappa shape index (κ1) is 15.9. The molecular weight excluding hydrogens is 300 g/mol. The number of aliphatic carboxylic acids is 1. The van der Waals surface area contributed by atoms with Gasteiger partial charge < -0.3 is 14.7 Å². The van der Waals surface area contributed by atoms with Crippen LogP contribution in [-0.2, 0) is 21.4 Å². The SMILES string of the molecule is Cn1cc([C@@H]2[C@@H](C(=O)O)CC(=O)N2CCN2CCOCC2)cn1. The van der Waals surface area contributed by atoms with Gasteiger partial charge in [-0.1, -0.05) is 0 Å². The molecule has 8 nitrogen and oxygen atoms in total. The number of carboxylic acid groups (broad SMARTS) is 1. The van der Waals surface area contributed by atoms with Crippen LogP contribution in [0.1, 0.15) is 18.0 Å². The molecule has 23 heavy (non-hydrogen) atoms. The molecule has 2 aliphatic heterocycles. The first-order chi connectivity index (χ1) is 11.1. The summed E-state index contributed by atoms with van der Waals surface area (Å²) in [7, 11) is 1.79. The van der Waals surface area contributed by atoms with E-state index in [0.29, 0.717) is 19.8 Å². The van der Waals surface area contributed by atoms with Crippen LogP contribution in [0.25, 0.3) is 0 Å². The molecule has 126 valence electrons. The number of amides is 1. The molecule has 0 spiro atoms.